The molecule has 5 heteroatoms. The molecule has 394 valence electrons. The Morgan fingerprint density at radius 2 is 0.597 bits per heavy atom. The van der Waals surface area contributed by atoms with Gasteiger partial charge in [0.15, 0.2) is 6.10 Å². The van der Waals surface area contributed by atoms with Gasteiger partial charge in [-0.25, -0.2) is 0 Å². The molecule has 0 amide bonds. The molecule has 0 aromatic rings. The van der Waals surface area contributed by atoms with E-state index in [4.69, 9.17) is 9.47 Å². The molecule has 0 fully saturated rings. The SMILES string of the molecule is CCCCCCC/C=C\C/C=C\C/C=C\CCCCCCCCCCC(=O)OC(CO)COC(=O)CCCCCCCCCCCCCCCCCCCCCCCCCCCCCCCC. The maximum absolute atomic E-state index is 12.3. The summed E-state index contributed by atoms with van der Waals surface area (Å²) < 4.78 is 10.7. The molecule has 0 radical (unpaired) electrons. The Hall–Kier alpha value is -1.88. The number of esters is 2. The number of unbranched alkanes of at least 4 members (excludes halogenated alkanes) is 42. The van der Waals surface area contributed by atoms with Gasteiger partial charge in [0.2, 0.25) is 0 Å². The average molecular weight is 942 g/mol. The molecule has 0 aliphatic heterocycles. The van der Waals surface area contributed by atoms with Crippen LogP contribution in [0.5, 0.6) is 0 Å². The third-order valence-corrected chi connectivity index (χ3v) is 13.7. The Morgan fingerprint density at radius 1 is 0.343 bits per heavy atom. The fourth-order valence-electron chi connectivity index (χ4n) is 9.15. The van der Waals surface area contributed by atoms with Gasteiger partial charge >= 0.3 is 11.9 Å². The summed E-state index contributed by atoms with van der Waals surface area (Å²) in [6, 6.07) is 0. The highest BCUT2D eigenvalue weighted by atomic mass is 16.6. The highest BCUT2D eigenvalue weighted by Crippen LogP contribution is 2.18. The Morgan fingerprint density at radius 3 is 0.896 bits per heavy atom. The molecule has 1 atom stereocenters. The smallest absolute Gasteiger partial charge is 0.306 e. The van der Waals surface area contributed by atoms with Gasteiger partial charge in [0.1, 0.15) is 6.61 Å². The summed E-state index contributed by atoms with van der Waals surface area (Å²) in [5, 5.41) is 9.66. The highest BCUT2D eigenvalue weighted by molar-refractivity contribution is 5.70. The fraction of sp³-hybridized carbons (Fsp3) is 0.871. The second kappa shape index (κ2) is 58.4. The first kappa shape index (κ1) is 65.1. The molecule has 5 nitrogen and oxygen atoms in total. The summed E-state index contributed by atoms with van der Waals surface area (Å²) in [6.07, 6.45) is 75.7. The third kappa shape index (κ3) is 56.6. The van der Waals surface area contributed by atoms with Crippen molar-refractivity contribution in [3.63, 3.8) is 0 Å². The zero-order chi connectivity index (χ0) is 48.5. The molecule has 1 N–H and O–H groups in total. The molecule has 67 heavy (non-hydrogen) atoms. The summed E-state index contributed by atoms with van der Waals surface area (Å²) in [5.74, 6) is -0.582. The van der Waals surface area contributed by atoms with Crippen LogP contribution in [0.2, 0.25) is 0 Å². The third-order valence-electron chi connectivity index (χ3n) is 13.7. The van der Waals surface area contributed by atoms with Crippen LogP contribution in [0.25, 0.3) is 0 Å². The van der Waals surface area contributed by atoms with Crippen molar-refractivity contribution in [2.75, 3.05) is 13.2 Å². The van der Waals surface area contributed by atoms with Crippen molar-refractivity contribution in [1.82, 2.24) is 0 Å². The van der Waals surface area contributed by atoms with Crippen LogP contribution >= 0.6 is 0 Å². The minimum atomic E-state index is -0.775. The van der Waals surface area contributed by atoms with Crippen LogP contribution in [0.15, 0.2) is 36.5 Å². The van der Waals surface area contributed by atoms with Gasteiger partial charge in [-0.1, -0.05) is 301 Å². The molecular weight excluding hydrogens is 825 g/mol. The molecule has 0 aliphatic carbocycles. The second-order valence-electron chi connectivity index (χ2n) is 20.4. The second-order valence-corrected chi connectivity index (χ2v) is 20.4. The maximum atomic E-state index is 12.3. The number of hydrogen-bond donors (Lipinski definition) is 1. The topological polar surface area (TPSA) is 72.8 Å². The zero-order valence-electron chi connectivity index (χ0n) is 45.2. The number of allylic oxidation sites excluding steroid dienone is 6. The quantitative estimate of drug-likeness (QED) is 0.0374. The first-order chi connectivity index (χ1) is 33.1. The van der Waals surface area contributed by atoms with Crippen LogP contribution in [0.3, 0.4) is 0 Å². The van der Waals surface area contributed by atoms with E-state index in [1.807, 2.05) is 0 Å². The Kier molecular flexibility index (Phi) is 56.8. The lowest BCUT2D eigenvalue weighted by atomic mass is 10.0. The Labute approximate surface area is 418 Å². The van der Waals surface area contributed by atoms with Gasteiger partial charge in [0.25, 0.3) is 0 Å². The van der Waals surface area contributed by atoms with E-state index in [0.717, 1.165) is 51.4 Å². The highest BCUT2D eigenvalue weighted by Gasteiger charge is 2.16. The number of carbonyl (C=O) groups excluding carboxylic acids is 2. The lowest BCUT2D eigenvalue weighted by Gasteiger charge is -2.15. The van der Waals surface area contributed by atoms with E-state index in [0.29, 0.717) is 12.8 Å². The largest absolute Gasteiger partial charge is 0.462 e. The number of aliphatic hydroxyl groups is 1. The fourth-order valence-corrected chi connectivity index (χ4v) is 9.15. The Balaban J connectivity index is 3.43. The van der Waals surface area contributed by atoms with Crippen LogP contribution < -0.4 is 0 Å². The lowest BCUT2D eigenvalue weighted by Crippen LogP contribution is -2.28. The van der Waals surface area contributed by atoms with E-state index in [1.165, 1.54) is 250 Å². The number of ether oxygens (including phenoxy) is 2. The van der Waals surface area contributed by atoms with E-state index in [2.05, 4.69) is 50.3 Å². The molecular formula is C62H116O5. The van der Waals surface area contributed by atoms with Gasteiger partial charge in [-0.15, -0.1) is 0 Å². The first-order valence-electron chi connectivity index (χ1n) is 30.0. The monoisotopic (exact) mass is 941 g/mol. The summed E-state index contributed by atoms with van der Waals surface area (Å²) in [5.41, 5.74) is 0. The zero-order valence-corrected chi connectivity index (χ0v) is 45.2. The van der Waals surface area contributed by atoms with E-state index in [-0.39, 0.29) is 25.2 Å². The number of hydrogen-bond acceptors (Lipinski definition) is 5. The maximum Gasteiger partial charge on any atom is 0.306 e. The van der Waals surface area contributed by atoms with Gasteiger partial charge in [-0.05, 0) is 51.4 Å². The molecule has 0 heterocycles. The van der Waals surface area contributed by atoms with Gasteiger partial charge < -0.3 is 14.6 Å². The van der Waals surface area contributed by atoms with Crippen LogP contribution in [0.1, 0.15) is 328 Å². The van der Waals surface area contributed by atoms with Crippen molar-refractivity contribution in [3.8, 4) is 0 Å². The van der Waals surface area contributed by atoms with Crippen molar-refractivity contribution in [1.29, 1.82) is 0 Å². The molecule has 0 saturated heterocycles. The van der Waals surface area contributed by atoms with Crippen LogP contribution in [-0.4, -0.2) is 36.4 Å². The first-order valence-corrected chi connectivity index (χ1v) is 30.0. The minimum Gasteiger partial charge on any atom is -0.462 e. The minimum absolute atomic E-state index is 0.0648. The number of aliphatic hydroxyl groups excluding tert-OH is 1. The van der Waals surface area contributed by atoms with Gasteiger partial charge in [0.05, 0.1) is 6.61 Å². The van der Waals surface area contributed by atoms with Crippen LogP contribution in [0, 0.1) is 0 Å². The van der Waals surface area contributed by atoms with Crippen molar-refractivity contribution in [2.45, 2.75) is 335 Å². The molecule has 0 rings (SSSR count). The normalized spacial score (nSPS) is 12.3. The molecule has 0 aromatic heterocycles. The van der Waals surface area contributed by atoms with Crippen molar-refractivity contribution in [3.05, 3.63) is 36.5 Å². The Bertz CT molecular complexity index is 1060. The van der Waals surface area contributed by atoms with Crippen molar-refractivity contribution >= 4 is 11.9 Å². The van der Waals surface area contributed by atoms with Gasteiger partial charge in [0, 0.05) is 12.8 Å². The molecule has 0 aromatic carbocycles. The van der Waals surface area contributed by atoms with Crippen molar-refractivity contribution in [2.24, 2.45) is 0 Å². The summed E-state index contributed by atoms with van der Waals surface area (Å²) in [6.45, 7) is 4.17. The molecule has 0 spiro atoms. The predicted molar refractivity (Wildman–Crippen MR) is 293 cm³/mol. The summed E-state index contributed by atoms with van der Waals surface area (Å²) in [4.78, 5) is 24.5. The van der Waals surface area contributed by atoms with Gasteiger partial charge in [-0.3, -0.25) is 9.59 Å². The summed E-state index contributed by atoms with van der Waals surface area (Å²) >= 11 is 0. The van der Waals surface area contributed by atoms with E-state index in [1.54, 1.807) is 0 Å². The standard InChI is InChI=1S/C62H116O5/c1-3-5-7-9-11-13-15-17-19-21-23-25-27-28-29-30-31-32-33-35-36-38-40-42-44-46-48-50-52-54-56-61(64)66-59-60(58-63)67-62(65)57-55-53-51-49-47-45-43-41-39-37-34-26-24-22-20-18-16-14-12-10-8-6-4-2/h16,18,22,24,34,37,60,63H,3-15,17,19-21,23,25-33,35-36,38-59H2,1-2H3/b18-16-,24-22-,37-34-. The number of rotatable bonds is 56. The van der Waals surface area contributed by atoms with Crippen molar-refractivity contribution < 1.29 is 24.2 Å². The van der Waals surface area contributed by atoms with Gasteiger partial charge in [-0.2, -0.15) is 0 Å². The van der Waals surface area contributed by atoms with Crippen LogP contribution in [-0.2, 0) is 19.1 Å². The lowest BCUT2D eigenvalue weighted by molar-refractivity contribution is -0.161. The molecule has 1 unspecified atom stereocenters. The molecule has 0 bridgehead atoms. The average Bonchev–Trinajstić information content (AvgIpc) is 3.33. The van der Waals surface area contributed by atoms with E-state index >= 15 is 0 Å². The predicted octanol–water partition coefficient (Wildman–Crippen LogP) is 20.3. The van der Waals surface area contributed by atoms with E-state index in [9.17, 15) is 14.7 Å². The summed E-state index contributed by atoms with van der Waals surface area (Å²) in [7, 11) is 0. The van der Waals surface area contributed by atoms with E-state index < -0.39 is 6.10 Å². The molecule has 0 aliphatic rings. The number of carbonyl (C=O) groups is 2. The van der Waals surface area contributed by atoms with Crippen LogP contribution in [0.4, 0.5) is 0 Å². The molecule has 0 saturated carbocycles.